The number of carbonyl (C=O) groups excluding carboxylic acids is 1. The maximum atomic E-state index is 11.6. The van der Waals surface area contributed by atoms with Crippen molar-refractivity contribution < 1.29 is 13.7 Å². The van der Waals surface area contributed by atoms with Crippen LogP contribution < -0.4 is 0 Å². The summed E-state index contributed by atoms with van der Waals surface area (Å²) in [4.78, 5) is 11.4. The van der Waals surface area contributed by atoms with Crippen LogP contribution in [0.5, 0.6) is 0 Å². The minimum absolute atomic E-state index is 0.181. The van der Waals surface area contributed by atoms with Crippen LogP contribution in [0.15, 0.2) is 0 Å². The molecule has 0 heterocycles. The highest BCUT2D eigenvalue weighted by Gasteiger charge is 2.26. The Labute approximate surface area is 81.3 Å². The highest BCUT2D eigenvalue weighted by molar-refractivity contribution is 7.86. The summed E-state index contributed by atoms with van der Waals surface area (Å²) in [6.07, 6.45) is 3.42. The molecule has 1 aliphatic rings. The van der Waals surface area contributed by atoms with Crippen molar-refractivity contribution in [1.29, 1.82) is 0 Å². The van der Waals surface area contributed by atoms with Gasteiger partial charge in [-0.25, -0.2) is 0 Å². The minimum Gasteiger partial charge on any atom is -0.384 e. The summed E-state index contributed by atoms with van der Waals surface area (Å²) in [7, 11) is 0.572. The van der Waals surface area contributed by atoms with Gasteiger partial charge in [0.05, 0.1) is 11.9 Å². The van der Waals surface area contributed by atoms with Crippen molar-refractivity contribution in [2.45, 2.75) is 30.9 Å². The van der Waals surface area contributed by atoms with Gasteiger partial charge in [0.1, 0.15) is 5.78 Å². The monoisotopic (exact) mass is 204 g/mol. The normalized spacial score (nSPS) is 25.9. The second-order valence-electron chi connectivity index (χ2n) is 3.28. The molecule has 0 aliphatic heterocycles. The van der Waals surface area contributed by atoms with Crippen molar-refractivity contribution in [3.63, 3.8) is 0 Å². The van der Waals surface area contributed by atoms with Gasteiger partial charge in [-0.2, -0.15) is 0 Å². The Morgan fingerprint density at radius 1 is 1.54 bits per heavy atom. The summed E-state index contributed by atoms with van der Waals surface area (Å²) in [5.74, 6) is 0.674. The Bertz CT molecular complexity index is 203. The van der Waals surface area contributed by atoms with Crippen LogP contribution in [0.4, 0.5) is 0 Å². The third kappa shape index (κ3) is 3.19. The molecule has 0 aromatic carbocycles. The van der Waals surface area contributed by atoms with Crippen molar-refractivity contribution in [2.75, 3.05) is 19.5 Å². The first-order valence-corrected chi connectivity index (χ1v) is 6.02. The lowest BCUT2D eigenvalue weighted by Crippen LogP contribution is -2.31. The molecule has 1 aliphatic carbocycles. The van der Waals surface area contributed by atoms with E-state index in [4.69, 9.17) is 4.74 Å². The molecule has 0 saturated heterocycles. The van der Waals surface area contributed by atoms with E-state index in [0.717, 1.165) is 19.3 Å². The Kier molecular flexibility index (Phi) is 4.59. The quantitative estimate of drug-likeness (QED) is 0.683. The molecule has 1 saturated carbocycles. The molecule has 4 heteroatoms. The molecule has 2 unspecified atom stereocenters. The highest BCUT2D eigenvalue weighted by atomic mass is 32.2. The molecule has 1 fully saturated rings. The average molecular weight is 204 g/mol. The molecule has 1 rings (SSSR count). The van der Waals surface area contributed by atoms with Crippen LogP contribution in [0.2, 0.25) is 0 Å². The van der Waals surface area contributed by atoms with Crippen LogP contribution in [0.25, 0.3) is 0 Å². The number of Topliss-reactive ketones (excluding diaryl/α,β-unsaturated/α-hetero) is 1. The highest BCUT2D eigenvalue weighted by Crippen LogP contribution is 2.19. The maximum absolute atomic E-state index is 11.6. The number of ketones is 1. The van der Waals surface area contributed by atoms with E-state index < -0.39 is 10.8 Å². The molecular weight excluding hydrogens is 188 g/mol. The summed E-state index contributed by atoms with van der Waals surface area (Å²) in [6.45, 7) is 0.483. The predicted octanol–water partition coefficient (Wildman–Crippen LogP) is 0.893. The van der Waals surface area contributed by atoms with Crippen molar-refractivity contribution >= 4 is 16.6 Å². The number of rotatable bonds is 4. The SMILES string of the molecule is COCCS(=O)C1CCCCC1=O. The fraction of sp³-hybridized carbons (Fsp3) is 0.889. The lowest BCUT2D eigenvalue weighted by molar-refractivity contribution is -0.119. The number of methoxy groups -OCH3 is 1. The van der Waals surface area contributed by atoms with Gasteiger partial charge in [0.2, 0.25) is 0 Å². The van der Waals surface area contributed by atoms with Crippen molar-refractivity contribution in [3.8, 4) is 0 Å². The first kappa shape index (κ1) is 10.9. The first-order chi connectivity index (χ1) is 6.25. The maximum Gasteiger partial charge on any atom is 0.148 e. The molecule has 0 aromatic heterocycles. The van der Waals surface area contributed by atoms with Crippen LogP contribution in [0.1, 0.15) is 25.7 Å². The lowest BCUT2D eigenvalue weighted by atomic mass is 9.99. The molecule has 0 aromatic rings. The van der Waals surface area contributed by atoms with Crippen molar-refractivity contribution in [2.24, 2.45) is 0 Å². The van der Waals surface area contributed by atoms with Crippen LogP contribution in [-0.4, -0.2) is 34.7 Å². The van der Waals surface area contributed by atoms with Crippen LogP contribution >= 0.6 is 0 Å². The van der Waals surface area contributed by atoms with Gasteiger partial charge in [0.25, 0.3) is 0 Å². The van der Waals surface area contributed by atoms with E-state index in [-0.39, 0.29) is 11.0 Å². The van der Waals surface area contributed by atoms with Crippen LogP contribution in [0.3, 0.4) is 0 Å². The third-order valence-corrected chi connectivity index (χ3v) is 4.01. The van der Waals surface area contributed by atoms with Gasteiger partial charge in [-0.3, -0.25) is 9.00 Å². The fourth-order valence-corrected chi connectivity index (χ4v) is 2.99. The summed E-state index contributed by atoms with van der Waals surface area (Å²) in [5, 5.41) is -0.205. The zero-order valence-corrected chi connectivity index (χ0v) is 8.77. The van der Waals surface area contributed by atoms with Crippen molar-refractivity contribution in [1.82, 2.24) is 0 Å². The van der Waals surface area contributed by atoms with Gasteiger partial charge in [-0.05, 0) is 12.8 Å². The fourth-order valence-electron chi connectivity index (χ4n) is 1.54. The van der Waals surface area contributed by atoms with Gasteiger partial charge in [0, 0.05) is 30.1 Å². The molecular formula is C9H16O3S. The topological polar surface area (TPSA) is 43.4 Å². The predicted molar refractivity (Wildman–Crippen MR) is 52.1 cm³/mol. The van der Waals surface area contributed by atoms with Gasteiger partial charge in [0.15, 0.2) is 0 Å². The zero-order valence-electron chi connectivity index (χ0n) is 7.95. The molecule has 3 nitrogen and oxygen atoms in total. The zero-order chi connectivity index (χ0) is 9.68. The van der Waals surface area contributed by atoms with E-state index in [2.05, 4.69) is 0 Å². The first-order valence-electron chi connectivity index (χ1n) is 4.64. The standard InChI is InChI=1S/C9H16O3S/c1-12-6-7-13(11)9-5-3-2-4-8(9)10/h9H,2-7H2,1H3. The molecule has 0 bridgehead atoms. The van der Waals surface area contributed by atoms with Gasteiger partial charge in [-0.15, -0.1) is 0 Å². The van der Waals surface area contributed by atoms with Gasteiger partial charge < -0.3 is 4.74 Å². The second-order valence-corrected chi connectivity index (χ2v) is 5.02. The summed E-state index contributed by atoms with van der Waals surface area (Å²) in [5.41, 5.74) is 0. The molecule has 76 valence electrons. The van der Waals surface area contributed by atoms with Gasteiger partial charge >= 0.3 is 0 Å². The van der Waals surface area contributed by atoms with Crippen LogP contribution in [-0.2, 0) is 20.3 Å². The summed E-state index contributed by atoms with van der Waals surface area (Å²) in [6, 6.07) is 0. The lowest BCUT2D eigenvalue weighted by Gasteiger charge is -2.19. The summed E-state index contributed by atoms with van der Waals surface area (Å²) >= 11 is 0. The largest absolute Gasteiger partial charge is 0.384 e. The van der Waals surface area contributed by atoms with Gasteiger partial charge in [-0.1, -0.05) is 6.42 Å². The average Bonchev–Trinajstić information content (AvgIpc) is 2.15. The van der Waals surface area contributed by atoms with E-state index in [1.54, 1.807) is 7.11 Å². The van der Waals surface area contributed by atoms with Crippen LogP contribution in [0, 0.1) is 0 Å². The Morgan fingerprint density at radius 2 is 2.31 bits per heavy atom. The van der Waals surface area contributed by atoms with E-state index in [9.17, 15) is 9.00 Å². The molecule has 0 radical (unpaired) electrons. The molecule has 13 heavy (non-hydrogen) atoms. The molecule has 0 amide bonds. The third-order valence-electron chi connectivity index (χ3n) is 2.30. The van der Waals surface area contributed by atoms with E-state index >= 15 is 0 Å². The Morgan fingerprint density at radius 3 is 2.92 bits per heavy atom. The molecule has 0 spiro atoms. The number of carbonyl (C=O) groups is 1. The molecule has 2 atom stereocenters. The summed E-state index contributed by atoms with van der Waals surface area (Å²) < 4.78 is 16.4. The Hall–Kier alpha value is -0.220. The number of ether oxygens (including phenoxy) is 1. The van der Waals surface area contributed by atoms with Crippen molar-refractivity contribution in [3.05, 3.63) is 0 Å². The number of hydrogen-bond acceptors (Lipinski definition) is 3. The smallest absolute Gasteiger partial charge is 0.148 e. The van der Waals surface area contributed by atoms with E-state index in [1.165, 1.54) is 0 Å². The van der Waals surface area contributed by atoms with E-state index in [0.29, 0.717) is 18.8 Å². The second kappa shape index (κ2) is 5.50. The minimum atomic E-state index is -1.01. The molecule has 0 N–H and O–H groups in total. The van der Waals surface area contributed by atoms with E-state index in [1.807, 2.05) is 0 Å². The number of hydrogen-bond donors (Lipinski definition) is 0. The Balaban J connectivity index is 2.39.